The third-order valence-corrected chi connectivity index (χ3v) is 5.76. The molecule has 3 rings (SSSR count). The average Bonchev–Trinajstić information content (AvgIpc) is 2.91. The van der Waals surface area contributed by atoms with Crippen LogP contribution in [0.3, 0.4) is 0 Å². The lowest BCUT2D eigenvalue weighted by Crippen LogP contribution is -2.39. The molecule has 0 aliphatic heterocycles. The molecule has 202 valence electrons. The summed E-state index contributed by atoms with van der Waals surface area (Å²) >= 11 is 0. The fourth-order valence-electron chi connectivity index (χ4n) is 3.83. The Labute approximate surface area is 224 Å². The number of carboxylic acid groups (broad SMARTS) is 1. The highest BCUT2D eigenvalue weighted by Crippen LogP contribution is 2.16. The van der Waals surface area contributed by atoms with Crippen molar-refractivity contribution in [3.8, 4) is 11.5 Å². The number of anilines is 1. The van der Waals surface area contributed by atoms with Gasteiger partial charge in [-0.05, 0) is 67.8 Å². The normalized spacial score (nSPS) is 11.4. The number of urea groups is 1. The zero-order valence-electron chi connectivity index (χ0n) is 22.0. The molecule has 1 atom stereocenters. The Kier molecular flexibility index (Phi) is 11.5. The third kappa shape index (κ3) is 9.78. The van der Waals surface area contributed by atoms with Crippen LogP contribution in [-0.4, -0.2) is 61.0 Å². The zero-order valence-corrected chi connectivity index (χ0v) is 22.0. The van der Waals surface area contributed by atoms with E-state index in [1.54, 1.807) is 24.0 Å². The number of nitrogens with zero attached hydrogens (tertiary/aromatic N) is 1. The molecular formula is C30H36N2O6. The van der Waals surface area contributed by atoms with E-state index in [0.717, 1.165) is 22.6 Å². The van der Waals surface area contributed by atoms with Crippen LogP contribution in [0.2, 0.25) is 0 Å². The fraction of sp³-hybridized carbons (Fsp3) is 0.333. The highest BCUT2D eigenvalue weighted by atomic mass is 16.5. The van der Waals surface area contributed by atoms with Crippen molar-refractivity contribution < 1.29 is 28.9 Å². The number of hydrogen-bond acceptors (Lipinski definition) is 5. The van der Waals surface area contributed by atoms with Gasteiger partial charge in [-0.1, -0.05) is 42.5 Å². The number of carbonyl (C=O) groups is 2. The third-order valence-electron chi connectivity index (χ3n) is 5.76. The van der Waals surface area contributed by atoms with E-state index >= 15 is 0 Å². The SMILES string of the molecule is CCOC(Cc1ccc(OCCN(CCCOc2ccccc2)C(=O)Nc2cccc(C)c2)cc1)C(=O)O. The van der Waals surface area contributed by atoms with Crippen LogP contribution in [0.1, 0.15) is 24.5 Å². The molecule has 3 aromatic carbocycles. The van der Waals surface area contributed by atoms with Crippen molar-refractivity contribution in [2.24, 2.45) is 0 Å². The van der Waals surface area contributed by atoms with Crippen molar-refractivity contribution in [1.82, 2.24) is 4.90 Å². The summed E-state index contributed by atoms with van der Waals surface area (Å²) in [4.78, 5) is 26.1. The molecule has 0 saturated heterocycles. The topological polar surface area (TPSA) is 97.3 Å². The number of hydrogen-bond donors (Lipinski definition) is 2. The molecule has 0 radical (unpaired) electrons. The standard InChI is InChI=1S/C30H36N2O6/c1-3-36-28(29(33)34)22-24-13-15-27(16-14-24)38-20-18-32(17-8-19-37-26-11-5-4-6-12-26)30(35)31-25-10-7-9-23(2)21-25/h4-7,9-16,21,28H,3,8,17-20,22H2,1-2H3,(H,31,35)(H,33,34). The summed E-state index contributed by atoms with van der Waals surface area (Å²) in [6, 6.07) is 24.3. The van der Waals surface area contributed by atoms with Crippen molar-refractivity contribution >= 4 is 17.7 Å². The van der Waals surface area contributed by atoms with Crippen LogP contribution < -0.4 is 14.8 Å². The van der Waals surface area contributed by atoms with Gasteiger partial charge in [0.25, 0.3) is 0 Å². The largest absolute Gasteiger partial charge is 0.494 e. The summed E-state index contributed by atoms with van der Waals surface area (Å²) in [5.41, 5.74) is 2.65. The second-order valence-electron chi connectivity index (χ2n) is 8.78. The predicted octanol–water partition coefficient (Wildman–Crippen LogP) is 5.41. The number of rotatable bonds is 15. The van der Waals surface area contributed by atoms with Crippen molar-refractivity contribution in [2.75, 3.05) is 38.2 Å². The summed E-state index contributed by atoms with van der Waals surface area (Å²) < 4.78 is 16.9. The molecule has 8 heteroatoms. The van der Waals surface area contributed by atoms with Crippen LogP contribution >= 0.6 is 0 Å². The van der Waals surface area contributed by atoms with Gasteiger partial charge in [0.05, 0.1) is 13.2 Å². The Morgan fingerprint density at radius 2 is 1.61 bits per heavy atom. The predicted molar refractivity (Wildman–Crippen MR) is 147 cm³/mol. The maximum Gasteiger partial charge on any atom is 0.333 e. The highest BCUT2D eigenvalue weighted by molar-refractivity contribution is 5.89. The van der Waals surface area contributed by atoms with Crippen molar-refractivity contribution in [3.05, 3.63) is 90.0 Å². The monoisotopic (exact) mass is 520 g/mol. The van der Waals surface area contributed by atoms with E-state index in [-0.39, 0.29) is 12.5 Å². The first-order valence-electron chi connectivity index (χ1n) is 12.8. The number of aryl methyl sites for hydroxylation is 1. The molecule has 38 heavy (non-hydrogen) atoms. The minimum Gasteiger partial charge on any atom is -0.494 e. The minimum absolute atomic E-state index is 0.204. The molecular weight excluding hydrogens is 484 g/mol. The van der Waals surface area contributed by atoms with E-state index in [0.29, 0.717) is 45.1 Å². The first kappa shape index (κ1) is 28.5. The molecule has 2 N–H and O–H groups in total. The lowest BCUT2D eigenvalue weighted by molar-refractivity contribution is -0.149. The summed E-state index contributed by atoms with van der Waals surface area (Å²) in [6.07, 6.45) is 0.0645. The number of amides is 2. The van der Waals surface area contributed by atoms with Gasteiger partial charge in [-0.15, -0.1) is 0 Å². The van der Waals surface area contributed by atoms with E-state index in [4.69, 9.17) is 14.2 Å². The summed E-state index contributed by atoms with van der Waals surface area (Å²) in [5, 5.41) is 12.2. The Bertz CT molecular complexity index is 1140. The summed E-state index contributed by atoms with van der Waals surface area (Å²) in [7, 11) is 0. The first-order chi connectivity index (χ1) is 18.4. The number of benzene rings is 3. The molecule has 2 amide bonds. The quantitative estimate of drug-likeness (QED) is 0.260. The van der Waals surface area contributed by atoms with E-state index in [2.05, 4.69) is 5.32 Å². The van der Waals surface area contributed by atoms with Crippen molar-refractivity contribution in [2.45, 2.75) is 32.8 Å². The van der Waals surface area contributed by atoms with E-state index in [1.165, 1.54) is 0 Å². The van der Waals surface area contributed by atoms with Crippen molar-refractivity contribution in [3.63, 3.8) is 0 Å². The molecule has 0 bridgehead atoms. The first-order valence-corrected chi connectivity index (χ1v) is 12.8. The van der Waals surface area contributed by atoms with Gasteiger partial charge in [0.2, 0.25) is 0 Å². The summed E-state index contributed by atoms with van der Waals surface area (Å²) in [6.45, 7) is 5.76. The van der Waals surface area contributed by atoms with Gasteiger partial charge in [0.15, 0.2) is 6.10 Å². The molecule has 0 heterocycles. The Hall–Kier alpha value is -4.04. The van der Waals surface area contributed by atoms with Crippen LogP contribution in [0.5, 0.6) is 11.5 Å². The smallest absolute Gasteiger partial charge is 0.333 e. The molecule has 1 unspecified atom stereocenters. The number of carboxylic acids is 1. The van der Waals surface area contributed by atoms with Crippen LogP contribution in [0.15, 0.2) is 78.9 Å². The van der Waals surface area contributed by atoms with Crippen LogP contribution in [0.4, 0.5) is 10.5 Å². The number of ether oxygens (including phenoxy) is 3. The number of para-hydroxylation sites is 1. The van der Waals surface area contributed by atoms with Crippen LogP contribution in [0, 0.1) is 6.92 Å². The van der Waals surface area contributed by atoms with Gasteiger partial charge < -0.3 is 29.5 Å². The minimum atomic E-state index is -0.981. The second kappa shape index (κ2) is 15.3. The van der Waals surface area contributed by atoms with Gasteiger partial charge in [-0.25, -0.2) is 9.59 Å². The van der Waals surface area contributed by atoms with Gasteiger partial charge in [-0.2, -0.15) is 0 Å². The molecule has 0 saturated carbocycles. The molecule has 0 aliphatic rings. The lowest BCUT2D eigenvalue weighted by Gasteiger charge is -2.23. The Balaban J connectivity index is 1.53. The van der Waals surface area contributed by atoms with E-state index < -0.39 is 12.1 Å². The van der Waals surface area contributed by atoms with Crippen LogP contribution in [-0.2, 0) is 16.0 Å². The maximum absolute atomic E-state index is 13.0. The summed E-state index contributed by atoms with van der Waals surface area (Å²) in [5.74, 6) is 0.458. The maximum atomic E-state index is 13.0. The van der Waals surface area contributed by atoms with Gasteiger partial charge in [0, 0.05) is 25.3 Å². The molecule has 0 fully saturated rings. The number of nitrogens with one attached hydrogen (secondary N) is 1. The van der Waals surface area contributed by atoms with Gasteiger partial charge in [-0.3, -0.25) is 0 Å². The number of carbonyl (C=O) groups excluding carboxylic acids is 1. The molecule has 0 aromatic heterocycles. The highest BCUT2D eigenvalue weighted by Gasteiger charge is 2.18. The van der Waals surface area contributed by atoms with Gasteiger partial charge in [0.1, 0.15) is 18.1 Å². The molecule has 0 spiro atoms. The zero-order chi connectivity index (χ0) is 27.2. The fourth-order valence-corrected chi connectivity index (χ4v) is 3.83. The Morgan fingerprint density at radius 1 is 0.895 bits per heavy atom. The van der Waals surface area contributed by atoms with E-state index in [9.17, 15) is 14.7 Å². The Morgan fingerprint density at radius 3 is 2.29 bits per heavy atom. The average molecular weight is 521 g/mol. The van der Waals surface area contributed by atoms with Crippen molar-refractivity contribution in [1.29, 1.82) is 0 Å². The lowest BCUT2D eigenvalue weighted by atomic mass is 10.1. The molecule has 3 aromatic rings. The molecule has 8 nitrogen and oxygen atoms in total. The second-order valence-corrected chi connectivity index (χ2v) is 8.78. The molecule has 0 aliphatic carbocycles. The number of aliphatic carboxylic acids is 1. The van der Waals surface area contributed by atoms with Gasteiger partial charge >= 0.3 is 12.0 Å². The van der Waals surface area contributed by atoms with E-state index in [1.807, 2.05) is 73.7 Å². The van der Waals surface area contributed by atoms with Crippen LogP contribution in [0.25, 0.3) is 0 Å².